The van der Waals surface area contributed by atoms with Gasteiger partial charge in [-0.05, 0) is 30.3 Å². The fourth-order valence-electron chi connectivity index (χ4n) is 2.72. The maximum Gasteiger partial charge on any atom is 0.241 e. The molecule has 1 aromatic carbocycles. The van der Waals surface area contributed by atoms with Crippen molar-refractivity contribution in [3.05, 3.63) is 48.4 Å². The van der Waals surface area contributed by atoms with Crippen molar-refractivity contribution in [1.29, 1.82) is 0 Å². The monoisotopic (exact) mass is 432 g/mol. The Morgan fingerprint density at radius 3 is 2.97 bits per heavy atom. The van der Waals surface area contributed by atoms with Crippen LogP contribution in [0.3, 0.4) is 0 Å². The molecule has 0 bridgehead atoms. The highest BCUT2D eigenvalue weighted by Gasteiger charge is 2.21. The van der Waals surface area contributed by atoms with E-state index in [4.69, 9.17) is 0 Å². The van der Waals surface area contributed by atoms with E-state index < -0.39 is 22.5 Å². The first-order valence-corrected chi connectivity index (χ1v) is 11.0. The predicted octanol–water partition coefficient (Wildman–Crippen LogP) is 0.368. The van der Waals surface area contributed by atoms with E-state index in [0.717, 1.165) is 4.90 Å². The Balaban J connectivity index is 1.37. The average Bonchev–Trinajstić information content (AvgIpc) is 3.13. The molecule has 12 heteroatoms. The van der Waals surface area contributed by atoms with Crippen LogP contribution in [0.5, 0.6) is 0 Å². The molecule has 0 aliphatic carbocycles. The maximum atomic E-state index is 12.5. The molecule has 0 saturated heterocycles. The number of aromatic nitrogens is 3. The van der Waals surface area contributed by atoms with Crippen LogP contribution < -0.4 is 15.4 Å². The smallest absolute Gasteiger partial charge is 0.241 e. The van der Waals surface area contributed by atoms with Crippen LogP contribution in [0.1, 0.15) is 5.82 Å². The summed E-state index contributed by atoms with van der Waals surface area (Å²) in [6, 6.07) is 9.87. The summed E-state index contributed by atoms with van der Waals surface area (Å²) in [5, 5.41) is 13.2. The van der Waals surface area contributed by atoms with E-state index >= 15 is 0 Å². The molecule has 150 valence electrons. The van der Waals surface area contributed by atoms with Crippen LogP contribution in [0.25, 0.3) is 5.65 Å². The number of anilines is 1. The van der Waals surface area contributed by atoms with Crippen LogP contribution in [0.15, 0.2) is 52.4 Å². The van der Waals surface area contributed by atoms with Crippen molar-refractivity contribution in [2.24, 2.45) is 0 Å². The Bertz CT molecular complexity index is 1210. The van der Waals surface area contributed by atoms with Gasteiger partial charge in [-0.3, -0.25) is 14.0 Å². The Labute approximate surface area is 170 Å². The van der Waals surface area contributed by atoms with Gasteiger partial charge in [-0.25, -0.2) is 13.1 Å². The van der Waals surface area contributed by atoms with Crippen molar-refractivity contribution < 1.29 is 18.0 Å². The number of hydrogen-bond donors (Lipinski definition) is 3. The molecule has 10 nitrogen and oxygen atoms in total. The van der Waals surface area contributed by atoms with Crippen LogP contribution in [0.2, 0.25) is 0 Å². The summed E-state index contributed by atoms with van der Waals surface area (Å²) in [5.41, 5.74) is 1.09. The zero-order valence-corrected chi connectivity index (χ0v) is 16.6. The van der Waals surface area contributed by atoms with E-state index in [1.165, 1.54) is 23.9 Å². The SMILES string of the molecule is O=C(CNS(=O)(=O)c1ccc2c(c1)NC(=O)CS2)NCc1nnc2ccccn12. The van der Waals surface area contributed by atoms with Crippen LogP contribution in [-0.2, 0) is 26.2 Å². The van der Waals surface area contributed by atoms with Gasteiger partial charge in [0.15, 0.2) is 11.5 Å². The zero-order chi connectivity index (χ0) is 20.4. The van der Waals surface area contributed by atoms with Crippen molar-refractivity contribution >= 4 is 44.9 Å². The molecule has 3 N–H and O–H groups in total. The van der Waals surface area contributed by atoms with E-state index in [9.17, 15) is 18.0 Å². The van der Waals surface area contributed by atoms with Gasteiger partial charge >= 0.3 is 0 Å². The second-order valence-corrected chi connectivity index (χ2v) is 8.93. The van der Waals surface area contributed by atoms with Gasteiger partial charge in [0.1, 0.15) is 0 Å². The molecule has 3 heterocycles. The van der Waals surface area contributed by atoms with Crippen LogP contribution >= 0.6 is 11.8 Å². The van der Waals surface area contributed by atoms with E-state index in [-0.39, 0.29) is 17.3 Å². The van der Waals surface area contributed by atoms with Crippen LogP contribution in [-0.4, -0.2) is 47.1 Å². The lowest BCUT2D eigenvalue weighted by Crippen LogP contribution is -2.37. The summed E-state index contributed by atoms with van der Waals surface area (Å²) in [4.78, 5) is 24.3. The predicted molar refractivity (Wildman–Crippen MR) is 106 cm³/mol. The first-order valence-electron chi connectivity index (χ1n) is 8.54. The zero-order valence-electron chi connectivity index (χ0n) is 15.0. The Hall–Kier alpha value is -2.96. The highest BCUT2D eigenvalue weighted by Crippen LogP contribution is 2.32. The number of carbonyl (C=O) groups is 2. The number of fused-ring (bicyclic) bond motifs is 2. The fraction of sp³-hybridized carbons (Fsp3) is 0.176. The highest BCUT2D eigenvalue weighted by atomic mass is 32.2. The lowest BCUT2D eigenvalue weighted by molar-refractivity contribution is -0.120. The third kappa shape index (κ3) is 4.23. The number of hydrogen-bond acceptors (Lipinski definition) is 7. The molecular weight excluding hydrogens is 416 g/mol. The van der Waals surface area contributed by atoms with Crippen molar-refractivity contribution in [2.75, 3.05) is 17.6 Å². The van der Waals surface area contributed by atoms with Crippen LogP contribution in [0.4, 0.5) is 5.69 Å². The molecule has 2 amide bonds. The summed E-state index contributed by atoms with van der Waals surface area (Å²) in [6.45, 7) is -0.328. The molecule has 0 atom stereocenters. The number of carbonyl (C=O) groups excluding carboxylic acids is 2. The van der Waals surface area contributed by atoms with Gasteiger partial charge in [-0.2, -0.15) is 0 Å². The van der Waals surface area contributed by atoms with Gasteiger partial charge in [0.25, 0.3) is 0 Å². The Morgan fingerprint density at radius 2 is 2.10 bits per heavy atom. The minimum Gasteiger partial charge on any atom is -0.348 e. The average molecular weight is 432 g/mol. The third-order valence-electron chi connectivity index (χ3n) is 4.14. The summed E-state index contributed by atoms with van der Waals surface area (Å²) in [6.07, 6.45) is 1.77. The minimum absolute atomic E-state index is 0.0321. The maximum absolute atomic E-state index is 12.5. The van der Waals surface area contributed by atoms with Gasteiger partial charge in [-0.15, -0.1) is 22.0 Å². The molecular formula is C17H16N6O4S2. The second-order valence-electron chi connectivity index (χ2n) is 6.14. The van der Waals surface area contributed by atoms with E-state index in [1.54, 1.807) is 22.7 Å². The highest BCUT2D eigenvalue weighted by molar-refractivity contribution is 8.00. The molecule has 4 rings (SSSR count). The summed E-state index contributed by atoms with van der Waals surface area (Å²) >= 11 is 1.34. The Morgan fingerprint density at radius 1 is 1.24 bits per heavy atom. The standard InChI is InChI=1S/C17H16N6O4S2/c24-16(18-8-15-22-21-14-3-1-2-6-23(14)15)9-19-29(26,27)11-4-5-13-12(7-11)20-17(25)10-28-13/h1-7,19H,8-10H2,(H,18,24)(H,20,25). The summed E-state index contributed by atoms with van der Waals surface area (Å²) < 4.78 is 28.9. The molecule has 0 radical (unpaired) electrons. The number of rotatable bonds is 6. The van der Waals surface area contributed by atoms with Gasteiger partial charge in [-0.1, -0.05) is 6.07 Å². The summed E-state index contributed by atoms with van der Waals surface area (Å²) in [5.74, 6) is 0.118. The third-order valence-corrected chi connectivity index (χ3v) is 6.62. The topological polar surface area (TPSA) is 135 Å². The molecule has 2 aromatic heterocycles. The number of thioether (sulfide) groups is 1. The number of amides is 2. The van der Waals surface area contributed by atoms with Crippen molar-refractivity contribution in [1.82, 2.24) is 24.6 Å². The van der Waals surface area contributed by atoms with Crippen molar-refractivity contribution in [3.63, 3.8) is 0 Å². The number of nitrogens with zero attached hydrogens (tertiary/aromatic N) is 3. The van der Waals surface area contributed by atoms with Crippen molar-refractivity contribution in [3.8, 4) is 0 Å². The van der Waals surface area contributed by atoms with Crippen LogP contribution in [0, 0.1) is 0 Å². The number of sulfonamides is 1. The molecule has 1 aliphatic heterocycles. The molecule has 0 spiro atoms. The first kappa shape index (κ1) is 19.4. The number of pyridine rings is 1. The molecule has 0 saturated carbocycles. The lowest BCUT2D eigenvalue weighted by atomic mass is 10.3. The second kappa shape index (κ2) is 7.81. The summed E-state index contributed by atoms with van der Waals surface area (Å²) in [7, 11) is -3.92. The van der Waals surface area contributed by atoms with Gasteiger partial charge in [0.05, 0.1) is 29.4 Å². The fourth-order valence-corrected chi connectivity index (χ4v) is 4.52. The van der Waals surface area contributed by atoms with Gasteiger partial charge in [0.2, 0.25) is 21.8 Å². The Kier molecular flexibility index (Phi) is 5.22. The molecule has 3 aromatic rings. The first-order chi connectivity index (χ1) is 13.9. The molecule has 0 unspecified atom stereocenters. The molecule has 29 heavy (non-hydrogen) atoms. The number of nitrogens with one attached hydrogen (secondary N) is 3. The van der Waals surface area contributed by atoms with E-state index in [2.05, 4.69) is 25.6 Å². The lowest BCUT2D eigenvalue weighted by Gasteiger charge is -2.17. The minimum atomic E-state index is -3.92. The largest absolute Gasteiger partial charge is 0.348 e. The van der Waals surface area contributed by atoms with Crippen molar-refractivity contribution in [2.45, 2.75) is 16.3 Å². The van der Waals surface area contributed by atoms with Gasteiger partial charge < -0.3 is 10.6 Å². The van der Waals surface area contributed by atoms with Gasteiger partial charge in [0, 0.05) is 11.1 Å². The van der Waals surface area contributed by atoms with E-state index in [0.29, 0.717) is 22.9 Å². The normalized spacial score (nSPS) is 13.7. The quantitative estimate of drug-likeness (QED) is 0.512. The number of benzene rings is 1. The van der Waals surface area contributed by atoms with E-state index in [1.807, 2.05) is 12.1 Å². The molecule has 0 fully saturated rings. The molecule has 1 aliphatic rings.